The summed E-state index contributed by atoms with van der Waals surface area (Å²) in [5, 5.41) is 13.1. The Labute approximate surface area is 259 Å². The summed E-state index contributed by atoms with van der Waals surface area (Å²) in [7, 11) is 0. The molecule has 1 fully saturated rings. The number of aromatic carboxylic acids is 1. The maximum absolute atomic E-state index is 13.8. The van der Waals surface area contributed by atoms with Crippen LogP contribution in [0.1, 0.15) is 52.4 Å². The smallest absolute Gasteiger partial charge is 0.434 e. The Morgan fingerprint density at radius 2 is 1.76 bits per heavy atom. The number of para-hydroxylation sites is 1. The van der Waals surface area contributed by atoms with Gasteiger partial charge in [0.25, 0.3) is 0 Å². The van der Waals surface area contributed by atoms with Crippen molar-refractivity contribution >= 4 is 17.6 Å². The quantitative estimate of drug-likeness (QED) is 0.175. The van der Waals surface area contributed by atoms with Crippen LogP contribution >= 0.6 is 11.6 Å². The van der Waals surface area contributed by atoms with Gasteiger partial charge in [-0.25, -0.2) is 14.5 Å². The van der Waals surface area contributed by atoms with E-state index in [4.69, 9.17) is 16.3 Å². The van der Waals surface area contributed by atoms with E-state index in [-0.39, 0.29) is 41.2 Å². The second-order valence-corrected chi connectivity index (χ2v) is 11.1. The lowest BCUT2D eigenvalue weighted by molar-refractivity contribution is -0.143. The molecule has 0 bridgehead atoms. The SMILES string of the molecule is O=C(O)c1cnn(-c2cccc(-c3cccc(Cl)c3OCc3ccc(C4CCN(CCCC(F)(F)F)C4)cc3)n2)c1C(F)(F)F. The molecule has 1 aliphatic heterocycles. The zero-order chi connectivity index (χ0) is 32.4. The predicted molar refractivity (Wildman–Crippen MR) is 154 cm³/mol. The molecule has 0 amide bonds. The molecule has 0 saturated carbocycles. The molecule has 1 aliphatic rings. The molecule has 2 aromatic heterocycles. The number of nitrogens with zero attached hydrogens (tertiary/aromatic N) is 4. The monoisotopic (exact) mass is 652 g/mol. The highest BCUT2D eigenvalue weighted by Gasteiger charge is 2.41. The van der Waals surface area contributed by atoms with Crippen LogP contribution in [0.4, 0.5) is 26.3 Å². The molecule has 0 radical (unpaired) electrons. The highest BCUT2D eigenvalue weighted by Crippen LogP contribution is 2.38. The van der Waals surface area contributed by atoms with Crippen molar-refractivity contribution < 1.29 is 41.0 Å². The number of alkyl halides is 6. The van der Waals surface area contributed by atoms with Gasteiger partial charge in [-0.15, -0.1) is 0 Å². The summed E-state index contributed by atoms with van der Waals surface area (Å²) in [5.74, 6) is -1.55. The fraction of sp³-hybridized carbons (Fsp3) is 0.323. The third kappa shape index (κ3) is 7.77. The summed E-state index contributed by atoms with van der Waals surface area (Å²) in [6, 6.07) is 16.9. The topological polar surface area (TPSA) is 80.5 Å². The van der Waals surface area contributed by atoms with Gasteiger partial charge in [-0.3, -0.25) is 0 Å². The second-order valence-electron chi connectivity index (χ2n) is 10.7. The van der Waals surface area contributed by atoms with Gasteiger partial charge in [0.15, 0.2) is 11.5 Å². The van der Waals surface area contributed by atoms with Gasteiger partial charge in [0, 0.05) is 18.5 Å². The summed E-state index contributed by atoms with van der Waals surface area (Å²) in [5.41, 5.74) is 0.0630. The Kier molecular flexibility index (Phi) is 9.40. The van der Waals surface area contributed by atoms with E-state index in [0.717, 1.165) is 24.1 Å². The molecule has 1 saturated heterocycles. The molecule has 2 aromatic carbocycles. The predicted octanol–water partition coefficient (Wildman–Crippen LogP) is 8.02. The van der Waals surface area contributed by atoms with Crippen LogP contribution in [0.5, 0.6) is 5.75 Å². The molecule has 7 nitrogen and oxygen atoms in total. The molecule has 1 N–H and O–H groups in total. The maximum Gasteiger partial charge on any atom is 0.434 e. The number of ether oxygens (including phenoxy) is 1. The van der Waals surface area contributed by atoms with Crippen molar-refractivity contribution in [2.24, 2.45) is 0 Å². The molecule has 1 atom stereocenters. The van der Waals surface area contributed by atoms with Crippen LogP contribution in [-0.4, -0.2) is 56.6 Å². The summed E-state index contributed by atoms with van der Waals surface area (Å²) in [6.45, 7) is 1.97. The molecule has 0 aliphatic carbocycles. The van der Waals surface area contributed by atoms with Crippen molar-refractivity contribution in [2.75, 3.05) is 19.6 Å². The van der Waals surface area contributed by atoms with Crippen molar-refractivity contribution in [3.63, 3.8) is 0 Å². The van der Waals surface area contributed by atoms with E-state index < -0.39 is 36.0 Å². The molecule has 1 unspecified atom stereocenters. The molecule has 3 heterocycles. The summed E-state index contributed by atoms with van der Waals surface area (Å²) >= 11 is 6.46. The van der Waals surface area contributed by atoms with Gasteiger partial charge in [-0.1, -0.05) is 48.0 Å². The Morgan fingerprint density at radius 3 is 2.44 bits per heavy atom. The normalized spacial score (nSPS) is 15.8. The van der Waals surface area contributed by atoms with Crippen LogP contribution in [0.15, 0.2) is 66.9 Å². The molecular weight excluding hydrogens is 626 g/mol. The first kappa shape index (κ1) is 32.3. The number of hydrogen-bond acceptors (Lipinski definition) is 5. The van der Waals surface area contributed by atoms with Gasteiger partial charge in [-0.2, -0.15) is 31.4 Å². The van der Waals surface area contributed by atoms with Gasteiger partial charge in [0.1, 0.15) is 17.9 Å². The lowest BCUT2D eigenvalue weighted by Gasteiger charge is -2.17. The molecule has 5 rings (SSSR count). The number of hydrogen-bond donors (Lipinski definition) is 1. The van der Waals surface area contributed by atoms with Crippen LogP contribution in [-0.2, 0) is 12.8 Å². The highest BCUT2D eigenvalue weighted by atomic mass is 35.5. The zero-order valence-corrected chi connectivity index (χ0v) is 24.3. The Balaban J connectivity index is 1.30. The summed E-state index contributed by atoms with van der Waals surface area (Å²) in [6.07, 6.45) is -8.36. The van der Waals surface area contributed by atoms with E-state index in [2.05, 4.69) is 15.0 Å². The molecule has 0 spiro atoms. The van der Waals surface area contributed by atoms with Crippen molar-refractivity contribution in [1.82, 2.24) is 19.7 Å². The van der Waals surface area contributed by atoms with E-state index >= 15 is 0 Å². The maximum atomic E-state index is 13.8. The first-order valence-corrected chi connectivity index (χ1v) is 14.3. The largest absolute Gasteiger partial charge is 0.487 e. The van der Waals surface area contributed by atoms with Crippen molar-refractivity contribution in [3.8, 4) is 22.8 Å². The van der Waals surface area contributed by atoms with Crippen molar-refractivity contribution in [3.05, 3.63) is 94.3 Å². The van der Waals surface area contributed by atoms with Gasteiger partial charge < -0.3 is 14.7 Å². The summed E-state index contributed by atoms with van der Waals surface area (Å²) in [4.78, 5) is 17.8. The number of carboxylic acid groups (broad SMARTS) is 1. The fourth-order valence-corrected chi connectivity index (χ4v) is 5.58. The number of rotatable bonds is 10. The van der Waals surface area contributed by atoms with E-state index in [9.17, 15) is 36.2 Å². The van der Waals surface area contributed by atoms with E-state index in [1.165, 1.54) is 12.1 Å². The van der Waals surface area contributed by atoms with E-state index in [0.29, 0.717) is 29.5 Å². The Hall–Kier alpha value is -4.10. The Morgan fingerprint density at radius 1 is 1.02 bits per heavy atom. The molecule has 45 heavy (non-hydrogen) atoms. The lowest BCUT2D eigenvalue weighted by atomic mass is 9.97. The van der Waals surface area contributed by atoms with Crippen LogP contribution in [0.3, 0.4) is 0 Å². The minimum Gasteiger partial charge on any atom is -0.487 e. The average molecular weight is 653 g/mol. The average Bonchev–Trinajstić information content (AvgIpc) is 3.64. The van der Waals surface area contributed by atoms with E-state index in [1.54, 1.807) is 24.3 Å². The lowest BCUT2D eigenvalue weighted by Crippen LogP contribution is -2.23. The number of halogens is 7. The zero-order valence-electron chi connectivity index (χ0n) is 23.6. The minimum atomic E-state index is -5.00. The number of carbonyl (C=O) groups is 1. The molecule has 14 heteroatoms. The van der Waals surface area contributed by atoms with Gasteiger partial charge in [-0.05, 0) is 67.2 Å². The van der Waals surface area contributed by atoms with Crippen LogP contribution in [0.25, 0.3) is 17.1 Å². The van der Waals surface area contributed by atoms with Crippen LogP contribution in [0, 0.1) is 0 Å². The molecular formula is C31H27ClF6N4O3. The van der Waals surface area contributed by atoms with Gasteiger partial charge in [0.2, 0.25) is 0 Å². The van der Waals surface area contributed by atoms with Crippen LogP contribution in [0.2, 0.25) is 5.02 Å². The summed E-state index contributed by atoms with van der Waals surface area (Å²) < 4.78 is 85.2. The van der Waals surface area contributed by atoms with Gasteiger partial charge >= 0.3 is 18.3 Å². The Bertz CT molecular complexity index is 1660. The van der Waals surface area contributed by atoms with Gasteiger partial charge in [0.05, 0.1) is 16.9 Å². The highest BCUT2D eigenvalue weighted by molar-refractivity contribution is 6.32. The number of pyridine rings is 1. The molecule has 238 valence electrons. The van der Waals surface area contributed by atoms with E-state index in [1.807, 2.05) is 24.3 Å². The number of benzene rings is 2. The first-order valence-electron chi connectivity index (χ1n) is 14.0. The van der Waals surface area contributed by atoms with Crippen molar-refractivity contribution in [1.29, 1.82) is 0 Å². The fourth-order valence-electron chi connectivity index (χ4n) is 5.35. The third-order valence-electron chi connectivity index (χ3n) is 7.50. The standard InChI is InChI=1S/C31H27ClF6N4O3/c32-24-5-1-4-22(25-6-2-7-26(40-25)42-28(31(36,37)38)23(16-39-42)29(43)44)27(24)45-18-19-8-10-20(11-9-19)21-12-15-41(17-21)14-3-13-30(33,34)35/h1-2,4-11,16,21H,3,12-15,17-18H2,(H,43,44). The second kappa shape index (κ2) is 13.1. The third-order valence-corrected chi connectivity index (χ3v) is 7.80. The number of likely N-dealkylation sites (tertiary alicyclic amines) is 1. The van der Waals surface area contributed by atoms with Crippen LogP contribution < -0.4 is 4.74 Å². The number of aromatic nitrogens is 3. The number of carboxylic acids is 1. The minimum absolute atomic E-state index is 0.0832. The van der Waals surface area contributed by atoms with Crippen molar-refractivity contribution in [2.45, 2.75) is 44.1 Å². The molecule has 4 aromatic rings. The first-order chi connectivity index (χ1) is 21.3.